The van der Waals surface area contributed by atoms with Gasteiger partial charge < -0.3 is 5.32 Å². The Morgan fingerprint density at radius 3 is 2.50 bits per heavy atom. The maximum Gasteiger partial charge on any atom is 0.129 e. The molecule has 0 bridgehead atoms. The molecule has 0 saturated carbocycles. The van der Waals surface area contributed by atoms with E-state index in [2.05, 4.69) is 5.32 Å². The summed E-state index contributed by atoms with van der Waals surface area (Å²) in [6.07, 6.45) is 1.47. The number of nitrogens with one attached hydrogen (secondary N) is 1. The SMILES string of the molecule is Fc1ccccc1CCCNCc1ccc(Cl)cc1F. The van der Waals surface area contributed by atoms with Gasteiger partial charge in [0, 0.05) is 17.1 Å². The Bertz CT molecular complexity index is 572. The molecule has 2 aromatic carbocycles. The summed E-state index contributed by atoms with van der Waals surface area (Å²) < 4.78 is 26.9. The minimum Gasteiger partial charge on any atom is -0.313 e. The van der Waals surface area contributed by atoms with Crippen LogP contribution in [0.15, 0.2) is 42.5 Å². The minimum atomic E-state index is -0.306. The average molecular weight is 296 g/mol. The van der Waals surface area contributed by atoms with Gasteiger partial charge in [0.15, 0.2) is 0 Å². The quantitative estimate of drug-likeness (QED) is 0.782. The van der Waals surface area contributed by atoms with Crippen molar-refractivity contribution in [2.45, 2.75) is 19.4 Å². The van der Waals surface area contributed by atoms with Gasteiger partial charge in [-0.2, -0.15) is 0 Å². The molecular formula is C16H16ClF2N. The molecule has 0 amide bonds. The highest BCUT2D eigenvalue weighted by molar-refractivity contribution is 6.30. The van der Waals surface area contributed by atoms with Crippen LogP contribution >= 0.6 is 11.6 Å². The van der Waals surface area contributed by atoms with Crippen LogP contribution in [0.3, 0.4) is 0 Å². The van der Waals surface area contributed by atoms with Crippen LogP contribution in [-0.4, -0.2) is 6.54 Å². The Kier molecular flexibility index (Phi) is 5.50. The summed E-state index contributed by atoms with van der Waals surface area (Å²) in [5.41, 5.74) is 1.30. The molecule has 0 heterocycles. The molecule has 106 valence electrons. The van der Waals surface area contributed by atoms with Crippen LogP contribution in [-0.2, 0) is 13.0 Å². The van der Waals surface area contributed by atoms with Crippen molar-refractivity contribution in [3.05, 3.63) is 70.2 Å². The molecule has 2 aromatic rings. The number of aryl methyl sites for hydroxylation is 1. The van der Waals surface area contributed by atoms with Gasteiger partial charge in [0.2, 0.25) is 0 Å². The average Bonchev–Trinajstić information content (AvgIpc) is 2.42. The number of rotatable bonds is 6. The molecule has 0 unspecified atom stereocenters. The van der Waals surface area contributed by atoms with Gasteiger partial charge in [0.05, 0.1) is 0 Å². The number of benzene rings is 2. The van der Waals surface area contributed by atoms with Gasteiger partial charge in [0.1, 0.15) is 11.6 Å². The molecule has 0 aliphatic carbocycles. The molecule has 0 spiro atoms. The Morgan fingerprint density at radius 1 is 0.950 bits per heavy atom. The highest BCUT2D eigenvalue weighted by atomic mass is 35.5. The number of hydrogen-bond donors (Lipinski definition) is 1. The third kappa shape index (κ3) is 4.29. The normalized spacial score (nSPS) is 10.8. The molecule has 2 rings (SSSR count). The van der Waals surface area contributed by atoms with Crippen LogP contribution in [0, 0.1) is 11.6 Å². The third-order valence-corrected chi connectivity index (χ3v) is 3.32. The maximum absolute atomic E-state index is 13.5. The summed E-state index contributed by atoms with van der Waals surface area (Å²) in [4.78, 5) is 0. The fourth-order valence-electron chi connectivity index (χ4n) is 1.99. The Hall–Kier alpha value is -1.45. The zero-order valence-electron chi connectivity index (χ0n) is 11.0. The van der Waals surface area contributed by atoms with Gasteiger partial charge in [0.25, 0.3) is 0 Å². The standard InChI is InChI=1S/C16H16ClF2N/c17-14-8-7-13(16(19)10-14)11-20-9-3-5-12-4-1-2-6-15(12)18/h1-2,4,6-8,10,20H,3,5,9,11H2. The summed E-state index contributed by atoms with van der Waals surface area (Å²) in [5, 5.41) is 3.54. The van der Waals surface area contributed by atoms with Gasteiger partial charge in [-0.3, -0.25) is 0 Å². The first-order chi connectivity index (χ1) is 9.66. The molecular weight excluding hydrogens is 280 g/mol. The second-order valence-electron chi connectivity index (χ2n) is 4.61. The molecule has 0 aliphatic rings. The van der Waals surface area contributed by atoms with E-state index in [9.17, 15) is 8.78 Å². The fourth-order valence-corrected chi connectivity index (χ4v) is 2.15. The van der Waals surface area contributed by atoms with Gasteiger partial charge in [-0.1, -0.05) is 35.9 Å². The van der Waals surface area contributed by atoms with Crippen molar-refractivity contribution >= 4 is 11.6 Å². The van der Waals surface area contributed by atoms with Crippen molar-refractivity contribution in [1.29, 1.82) is 0 Å². The summed E-state index contributed by atoms with van der Waals surface area (Å²) in [7, 11) is 0. The second kappa shape index (κ2) is 7.36. The second-order valence-corrected chi connectivity index (χ2v) is 5.04. The molecule has 0 aliphatic heterocycles. The predicted octanol–water partition coefficient (Wildman–Crippen LogP) is 4.34. The van der Waals surface area contributed by atoms with Crippen molar-refractivity contribution in [3.8, 4) is 0 Å². The monoisotopic (exact) mass is 295 g/mol. The van der Waals surface area contributed by atoms with Crippen molar-refractivity contribution in [1.82, 2.24) is 5.32 Å². The van der Waals surface area contributed by atoms with E-state index in [0.717, 1.165) is 6.42 Å². The van der Waals surface area contributed by atoms with Crippen LogP contribution < -0.4 is 5.32 Å². The Balaban J connectivity index is 1.73. The lowest BCUT2D eigenvalue weighted by Gasteiger charge is -2.07. The van der Waals surface area contributed by atoms with Crippen molar-refractivity contribution in [3.63, 3.8) is 0 Å². The van der Waals surface area contributed by atoms with Crippen LogP contribution in [0.25, 0.3) is 0 Å². The summed E-state index contributed by atoms with van der Waals surface area (Å²) >= 11 is 5.69. The molecule has 0 fully saturated rings. The number of halogens is 3. The first-order valence-electron chi connectivity index (χ1n) is 6.55. The van der Waals surface area contributed by atoms with Crippen LogP contribution in [0.4, 0.5) is 8.78 Å². The van der Waals surface area contributed by atoms with Gasteiger partial charge >= 0.3 is 0 Å². The van der Waals surface area contributed by atoms with Gasteiger partial charge in [-0.05, 0) is 43.1 Å². The lowest BCUT2D eigenvalue weighted by molar-refractivity contribution is 0.573. The summed E-state index contributed by atoms with van der Waals surface area (Å²) in [6.45, 7) is 1.15. The minimum absolute atomic E-state index is 0.170. The molecule has 1 nitrogen and oxygen atoms in total. The first kappa shape index (κ1) is 14.9. The topological polar surface area (TPSA) is 12.0 Å². The predicted molar refractivity (Wildman–Crippen MR) is 77.8 cm³/mol. The molecule has 20 heavy (non-hydrogen) atoms. The zero-order valence-corrected chi connectivity index (χ0v) is 11.8. The third-order valence-electron chi connectivity index (χ3n) is 3.09. The zero-order chi connectivity index (χ0) is 14.4. The van der Waals surface area contributed by atoms with E-state index in [4.69, 9.17) is 11.6 Å². The smallest absolute Gasteiger partial charge is 0.129 e. The van der Waals surface area contributed by atoms with E-state index >= 15 is 0 Å². The molecule has 0 aromatic heterocycles. The molecule has 0 atom stereocenters. The van der Waals surface area contributed by atoms with E-state index in [1.54, 1.807) is 24.3 Å². The van der Waals surface area contributed by atoms with Crippen LogP contribution in [0.2, 0.25) is 5.02 Å². The first-order valence-corrected chi connectivity index (χ1v) is 6.92. The van der Waals surface area contributed by atoms with Gasteiger partial charge in [-0.15, -0.1) is 0 Å². The Labute approximate surface area is 122 Å². The van der Waals surface area contributed by atoms with E-state index in [-0.39, 0.29) is 11.6 Å². The summed E-state index contributed by atoms with van der Waals surface area (Å²) in [5.74, 6) is -0.477. The summed E-state index contributed by atoms with van der Waals surface area (Å²) in [6, 6.07) is 11.4. The number of hydrogen-bond acceptors (Lipinski definition) is 1. The highest BCUT2D eigenvalue weighted by Gasteiger charge is 2.03. The largest absolute Gasteiger partial charge is 0.313 e. The van der Waals surface area contributed by atoms with Gasteiger partial charge in [-0.25, -0.2) is 8.78 Å². The van der Waals surface area contributed by atoms with Crippen molar-refractivity contribution in [2.75, 3.05) is 6.54 Å². The van der Waals surface area contributed by atoms with Crippen LogP contribution in [0.1, 0.15) is 17.5 Å². The molecule has 0 saturated heterocycles. The maximum atomic E-state index is 13.5. The molecule has 4 heteroatoms. The fraction of sp³-hybridized carbons (Fsp3) is 0.250. The van der Waals surface area contributed by atoms with Crippen molar-refractivity contribution < 1.29 is 8.78 Å². The molecule has 0 radical (unpaired) electrons. The van der Waals surface area contributed by atoms with Crippen LogP contribution in [0.5, 0.6) is 0 Å². The van der Waals surface area contributed by atoms with E-state index in [1.807, 2.05) is 6.07 Å². The lowest BCUT2D eigenvalue weighted by Crippen LogP contribution is -2.16. The molecule has 1 N–H and O–H groups in total. The van der Waals surface area contributed by atoms with E-state index < -0.39 is 0 Å². The lowest BCUT2D eigenvalue weighted by atomic mass is 10.1. The Morgan fingerprint density at radius 2 is 1.75 bits per heavy atom. The van der Waals surface area contributed by atoms with E-state index in [0.29, 0.717) is 35.7 Å². The van der Waals surface area contributed by atoms with E-state index in [1.165, 1.54) is 12.1 Å². The van der Waals surface area contributed by atoms with Crippen molar-refractivity contribution in [2.24, 2.45) is 0 Å². The highest BCUT2D eigenvalue weighted by Crippen LogP contribution is 2.14.